The third kappa shape index (κ3) is 1.92. The Hall–Kier alpha value is -1.16. The quantitative estimate of drug-likeness (QED) is 0.319. The Morgan fingerprint density at radius 3 is 2.83 bits per heavy atom. The predicted octanol–water partition coefficient (Wildman–Crippen LogP) is 1.92. The van der Waals surface area contributed by atoms with Crippen molar-refractivity contribution in [3.63, 3.8) is 0 Å². The average molecular weight is 183 g/mol. The van der Waals surface area contributed by atoms with Crippen LogP contribution in [0.5, 0.6) is 5.75 Å². The van der Waals surface area contributed by atoms with E-state index < -0.39 is 0 Å². The van der Waals surface area contributed by atoms with Crippen molar-refractivity contribution in [3.05, 3.63) is 23.8 Å². The fourth-order valence-corrected chi connectivity index (χ4v) is 1.27. The number of thioether (sulfide) groups is 1. The van der Waals surface area contributed by atoms with E-state index in [1.165, 1.54) is 6.21 Å². The molecule has 0 atom stereocenters. The molecule has 64 valence electrons. The molecule has 12 heavy (non-hydrogen) atoms. The summed E-state index contributed by atoms with van der Waals surface area (Å²) < 4.78 is 0. The van der Waals surface area contributed by atoms with E-state index >= 15 is 0 Å². The maximum atomic E-state index is 9.25. The van der Waals surface area contributed by atoms with E-state index in [-0.39, 0.29) is 5.75 Å². The highest BCUT2D eigenvalue weighted by Gasteiger charge is 1.98. The second-order valence-corrected chi connectivity index (χ2v) is 3.05. The third-order valence-corrected chi connectivity index (χ3v) is 2.16. The number of aromatic hydroxyl groups is 1. The third-order valence-electron chi connectivity index (χ3n) is 1.43. The Bertz CT molecular complexity index is 299. The van der Waals surface area contributed by atoms with Crippen molar-refractivity contribution in [2.75, 3.05) is 6.26 Å². The number of hydrogen-bond donors (Lipinski definition) is 2. The van der Waals surface area contributed by atoms with Gasteiger partial charge >= 0.3 is 0 Å². The van der Waals surface area contributed by atoms with Crippen LogP contribution in [0.3, 0.4) is 0 Å². The first-order valence-corrected chi connectivity index (χ1v) is 4.55. The lowest BCUT2D eigenvalue weighted by molar-refractivity contribution is 0.321. The highest BCUT2D eigenvalue weighted by atomic mass is 32.2. The molecule has 0 saturated heterocycles. The van der Waals surface area contributed by atoms with E-state index in [9.17, 15) is 5.11 Å². The number of hydrogen-bond acceptors (Lipinski definition) is 4. The molecule has 0 radical (unpaired) electrons. The second-order valence-electron chi connectivity index (χ2n) is 2.17. The molecular formula is C8H9NO2S. The Kier molecular flexibility index (Phi) is 2.99. The van der Waals surface area contributed by atoms with Gasteiger partial charge in [0.15, 0.2) is 0 Å². The average Bonchev–Trinajstić information content (AvgIpc) is 2.09. The number of rotatable bonds is 2. The molecule has 3 nitrogen and oxygen atoms in total. The Morgan fingerprint density at radius 2 is 2.25 bits per heavy atom. The maximum absolute atomic E-state index is 9.25. The first-order chi connectivity index (χ1) is 5.77. The SMILES string of the molecule is CSc1ccc(O)c(/C=N/O)c1. The Morgan fingerprint density at radius 1 is 1.50 bits per heavy atom. The van der Waals surface area contributed by atoms with Gasteiger partial charge in [0.2, 0.25) is 0 Å². The molecule has 1 aromatic rings. The zero-order valence-electron chi connectivity index (χ0n) is 6.56. The fourth-order valence-electron chi connectivity index (χ4n) is 0.825. The summed E-state index contributed by atoms with van der Waals surface area (Å²) in [6, 6.07) is 5.12. The summed E-state index contributed by atoms with van der Waals surface area (Å²) in [4.78, 5) is 1.02. The molecule has 4 heteroatoms. The lowest BCUT2D eigenvalue weighted by Crippen LogP contribution is -1.82. The lowest BCUT2D eigenvalue weighted by Gasteiger charge is -1.99. The number of oxime groups is 1. The molecule has 1 aromatic carbocycles. The summed E-state index contributed by atoms with van der Waals surface area (Å²) in [7, 11) is 0. The van der Waals surface area contributed by atoms with Gasteiger partial charge in [0.25, 0.3) is 0 Å². The molecule has 0 saturated carbocycles. The van der Waals surface area contributed by atoms with E-state index in [2.05, 4.69) is 5.16 Å². The second kappa shape index (κ2) is 4.01. The van der Waals surface area contributed by atoms with Crippen molar-refractivity contribution in [2.24, 2.45) is 5.16 Å². The van der Waals surface area contributed by atoms with Crippen LogP contribution in [0, 0.1) is 0 Å². The van der Waals surface area contributed by atoms with Crippen LogP contribution in [0.25, 0.3) is 0 Å². The van der Waals surface area contributed by atoms with Gasteiger partial charge in [-0.25, -0.2) is 0 Å². The minimum absolute atomic E-state index is 0.116. The van der Waals surface area contributed by atoms with Crippen molar-refractivity contribution in [3.8, 4) is 5.75 Å². The molecule has 0 unspecified atom stereocenters. The highest BCUT2D eigenvalue weighted by Crippen LogP contribution is 2.22. The summed E-state index contributed by atoms with van der Waals surface area (Å²) in [6.07, 6.45) is 3.14. The van der Waals surface area contributed by atoms with Crippen molar-refractivity contribution < 1.29 is 10.3 Å². The van der Waals surface area contributed by atoms with E-state index in [0.29, 0.717) is 5.56 Å². The van der Waals surface area contributed by atoms with E-state index in [1.807, 2.05) is 6.26 Å². The standard InChI is InChI=1S/C8H9NO2S/c1-12-7-2-3-8(10)6(4-7)5-9-11/h2-5,10-11H,1H3/b9-5+. The number of benzene rings is 1. The molecule has 0 fully saturated rings. The van der Waals surface area contributed by atoms with Crippen molar-refractivity contribution in [1.29, 1.82) is 0 Å². The van der Waals surface area contributed by atoms with Gasteiger partial charge in [-0.05, 0) is 24.5 Å². The van der Waals surface area contributed by atoms with Crippen LogP contribution in [0.2, 0.25) is 0 Å². The zero-order chi connectivity index (χ0) is 8.97. The molecule has 0 spiro atoms. The Labute approximate surface area is 74.7 Å². The van der Waals surface area contributed by atoms with Gasteiger partial charge in [0.1, 0.15) is 5.75 Å². The minimum atomic E-state index is 0.116. The zero-order valence-corrected chi connectivity index (χ0v) is 7.38. The van der Waals surface area contributed by atoms with Gasteiger partial charge in [-0.1, -0.05) is 5.16 Å². The van der Waals surface area contributed by atoms with Crippen LogP contribution < -0.4 is 0 Å². The van der Waals surface area contributed by atoms with Gasteiger partial charge in [0, 0.05) is 10.5 Å². The predicted molar refractivity (Wildman–Crippen MR) is 49.3 cm³/mol. The van der Waals surface area contributed by atoms with Crippen molar-refractivity contribution in [2.45, 2.75) is 4.90 Å². The van der Waals surface area contributed by atoms with Crippen LogP contribution in [0.15, 0.2) is 28.3 Å². The normalized spacial score (nSPS) is 10.8. The summed E-state index contributed by atoms with van der Waals surface area (Å²) in [6.45, 7) is 0. The maximum Gasteiger partial charge on any atom is 0.124 e. The summed E-state index contributed by atoms with van der Waals surface area (Å²) >= 11 is 1.56. The lowest BCUT2D eigenvalue weighted by atomic mass is 10.2. The molecule has 0 bridgehead atoms. The van der Waals surface area contributed by atoms with Gasteiger partial charge < -0.3 is 10.3 Å². The van der Waals surface area contributed by atoms with E-state index in [0.717, 1.165) is 4.90 Å². The van der Waals surface area contributed by atoms with Gasteiger partial charge in [-0.15, -0.1) is 11.8 Å². The van der Waals surface area contributed by atoms with Crippen LogP contribution in [0.1, 0.15) is 5.56 Å². The van der Waals surface area contributed by atoms with Crippen LogP contribution in [-0.4, -0.2) is 22.8 Å². The van der Waals surface area contributed by atoms with Crippen molar-refractivity contribution >= 4 is 18.0 Å². The van der Waals surface area contributed by atoms with E-state index in [4.69, 9.17) is 5.21 Å². The molecule has 0 aliphatic heterocycles. The highest BCUT2D eigenvalue weighted by molar-refractivity contribution is 7.98. The van der Waals surface area contributed by atoms with E-state index in [1.54, 1.807) is 30.0 Å². The summed E-state index contributed by atoms with van der Waals surface area (Å²) in [5, 5.41) is 20.4. The van der Waals surface area contributed by atoms with Crippen LogP contribution in [0.4, 0.5) is 0 Å². The summed E-state index contributed by atoms with van der Waals surface area (Å²) in [5.41, 5.74) is 0.518. The molecule has 0 aromatic heterocycles. The smallest absolute Gasteiger partial charge is 0.124 e. The largest absolute Gasteiger partial charge is 0.507 e. The first-order valence-electron chi connectivity index (χ1n) is 3.32. The van der Waals surface area contributed by atoms with Crippen LogP contribution in [-0.2, 0) is 0 Å². The molecule has 0 aliphatic carbocycles. The van der Waals surface area contributed by atoms with Gasteiger partial charge in [0.05, 0.1) is 6.21 Å². The number of nitrogens with zero attached hydrogens (tertiary/aromatic N) is 1. The first kappa shape index (κ1) is 8.93. The summed E-state index contributed by atoms with van der Waals surface area (Å²) in [5.74, 6) is 0.116. The fraction of sp³-hybridized carbons (Fsp3) is 0.125. The molecule has 1 rings (SSSR count). The number of phenols is 1. The van der Waals surface area contributed by atoms with Crippen molar-refractivity contribution in [1.82, 2.24) is 0 Å². The van der Waals surface area contributed by atoms with Crippen LogP contribution >= 0.6 is 11.8 Å². The van der Waals surface area contributed by atoms with Gasteiger partial charge in [-0.2, -0.15) is 0 Å². The minimum Gasteiger partial charge on any atom is -0.507 e. The topological polar surface area (TPSA) is 52.8 Å². The number of phenolic OH excluding ortho intramolecular Hbond substituents is 1. The molecule has 0 amide bonds. The molecule has 0 aliphatic rings. The molecule has 0 heterocycles. The monoisotopic (exact) mass is 183 g/mol. The Balaban J connectivity index is 3.08. The van der Waals surface area contributed by atoms with Gasteiger partial charge in [-0.3, -0.25) is 0 Å². The molecule has 2 N–H and O–H groups in total. The molecular weight excluding hydrogens is 174 g/mol.